The first kappa shape index (κ1) is 20.6. The average molecular weight is 415 g/mol. The Hall–Kier alpha value is -2.68. The van der Waals surface area contributed by atoms with Gasteiger partial charge in [0.1, 0.15) is 11.4 Å². The van der Waals surface area contributed by atoms with E-state index >= 15 is 0 Å². The Labute approximate surface area is 176 Å². The molecule has 3 heterocycles. The molecule has 1 aliphatic carbocycles. The Kier molecular flexibility index (Phi) is 5.17. The van der Waals surface area contributed by atoms with Crippen LogP contribution in [0, 0.1) is 6.92 Å². The molecule has 3 N–H and O–H groups in total. The Balaban J connectivity index is 1.58. The minimum absolute atomic E-state index is 0.198. The smallest absolute Gasteiger partial charge is 0.410 e. The third-order valence-electron chi connectivity index (χ3n) is 5.64. The van der Waals surface area contributed by atoms with Crippen LogP contribution >= 0.6 is 0 Å². The predicted molar refractivity (Wildman–Crippen MR) is 115 cm³/mol. The number of anilines is 2. The van der Waals surface area contributed by atoms with Gasteiger partial charge in [0.15, 0.2) is 5.65 Å². The molecule has 4 rings (SSSR count). The molecule has 1 amide bonds. The number of aryl methyl sites for hydroxylation is 2. The summed E-state index contributed by atoms with van der Waals surface area (Å²) in [5, 5.41) is 17.8. The lowest BCUT2D eigenvalue weighted by Crippen LogP contribution is -2.36. The van der Waals surface area contributed by atoms with Gasteiger partial charge in [-0.3, -0.25) is 0 Å². The molecule has 2 aromatic heterocycles. The summed E-state index contributed by atoms with van der Waals surface area (Å²) in [4.78, 5) is 27.9. The first-order valence-electron chi connectivity index (χ1n) is 10.5. The van der Waals surface area contributed by atoms with Crippen molar-refractivity contribution >= 4 is 28.9 Å². The number of rotatable bonds is 3. The first-order chi connectivity index (χ1) is 14.2. The van der Waals surface area contributed by atoms with Crippen LogP contribution in [0.2, 0.25) is 0 Å². The maximum absolute atomic E-state index is 12.3. The number of likely N-dealkylation sites (tertiary alicyclic amines) is 1. The number of ether oxygens (including phenoxy) is 1. The number of pyridine rings is 1. The van der Waals surface area contributed by atoms with Gasteiger partial charge in [0.2, 0.25) is 5.95 Å². The maximum Gasteiger partial charge on any atom is 0.410 e. The van der Waals surface area contributed by atoms with Gasteiger partial charge in [-0.05, 0) is 58.1 Å². The second-order valence-corrected chi connectivity index (χ2v) is 9.06. The molecule has 0 aromatic carbocycles. The Morgan fingerprint density at radius 3 is 2.67 bits per heavy atom. The molecule has 9 nitrogen and oxygen atoms in total. The molecule has 1 fully saturated rings. The number of aromatic nitrogens is 3. The van der Waals surface area contributed by atoms with E-state index in [-0.39, 0.29) is 6.54 Å². The van der Waals surface area contributed by atoms with Crippen LogP contribution in [0.25, 0.3) is 11.0 Å². The summed E-state index contributed by atoms with van der Waals surface area (Å²) in [7, 11) is 1.83. The van der Waals surface area contributed by atoms with Crippen LogP contribution in [-0.2, 0) is 17.6 Å². The summed E-state index contributed by atoms with van der Waals surface area (Å²) in [5.74, 6) is 1.09. The molecular weight excluding hydrogens is 384 g/mol. The normalized spacial score (nSPS) is 21.1. The van der Waals surface area contributed by atoms with Gasteiger partial charge in [-0.15, -0.1) is 0 Å². The van der Waals surface area contributed by atoms with Crippen molar-refractivity contribution in [2.45, 2.75) is 64.7 Å². The molecule has 0 bridgehead atoms. The van der Waals surface area contributed by atoms with E-state index in [1.165, 1.54) is 16.0 Å². The second kappa shape index (κ2) is 7.54. The van der Waals surface area contributed by atoms with Crippen molar-refractivity contribution in [1.29, 1.82) is 0 Å². The number of fused-ring (bicyclic) bond motifs is 2. The van der Waals surface area contributed by atoms with Crippen LogP contribution in [0.4, 0.5) is 16.6 Å². The highest BCUT2D eigenvalue weighted by atomic mass is 16.6. The van der Waals surface area contributed by atoms with Crippen LogP contribution in [0.1, 0.15) is 44.0 Å². The molecule has 2 aliphatic rings. The van der Waals surface area contributed by atoms with Crippen molar-refractivity contribution < 1.29 is 14.6 Å². The minimum atomic E-state index is -0.746. The standard InChI is InChI=1S/C21H30N6O3/c1-11-12-7-6-8-13(12)23-18-16(11)17(22-5)25-19(26-18)24-14-9-27(10-15(14)28)20(29)30-21(2,3)4/h14-15,28H,6-10H2,1-5H3,(H2,22,23,24,25,26)/t14-,15-/m0/s1. The molecule has 0 saturated carbocycles. The van der Waals surface area contributed by atoms with Gasteiger partial charge in [0, 0.05) is 19.3 Å². The molecule has 0 radical (unpaired) electrons. The fourth-order valence-electron chi connectivity index (χ4n) is 4.22. The van der Waals surface area contributed by atoms with E-state index in [0.29, 0.717) is 24.0 Å². The zero-order valence-corrected chi connectivity index (χ0v) is 18.2. The van der Waals surface area contributed by atoms with Gasteiger partial charge < -0.3 is 25.4 Å². The highest BCUT2D eigenvalue weighted by Crippen LogP contribution is 2.32. The highest BCUT2D eigenvalue weighted by Gasteiger charge is 2.36. The minimum Gasteiger partial charge on any atom is -0.444 e. The van der Waals surface area contributed by atoms with E-state index in [2.05, 4.69) is 27.5 Å². The van der Waals surface area contributed by atoms with Gasteiger partial charge in [-0.2, -0.15) is 9.97 Å². The van der Waals surface area contributed by atoms with E-state index in [1.54, 1.807) is 0 Å². The van der Waals surface area contributed by atoms with Crippen LogP contribution < -0.4 is 10.6 Å². The quantitative estimate of drug-likeness (QED) is 0.701. The zero-order chi connectivity index (χ0) is 21.6. The molecule has 2 atom stereocenters. The Morgan fingerprint density at radius 2 is 1.97 bits per heavy atom. The fraction of sp³-hybridized carbons (Fsp3) is 0.619. The number of hydrogen-bond donors (Lipinski definition) is 3. The third-order valence-corrected chi connectivity index (χ3v) is 5.64. The molecule has 162 valence electrons. The number of aliphatic hydroxyl groups is 1. The average Bonchev–Trinajstić information content (AvgIpc) is 3.27. The molecule has 1 saturated heterocycles. The molecule has 0 spiro atoms. The van der Waals surface area contributed by atoms with Crippen molar-refractivity contribution in [1.82, 2.24) is 19.9 Å². The fourth-order valence-corrected chi connectivity index (χ4v) is 4.22. The number of carbonyl (C=O) groups is 1. The molecule has 2 aromatic rings. The zero-order valence-electron chi connectivity index (χ0n) is 18.2. The molecule has 1 aliphatic heterocycles. The summed E-state index contributed by atoms with van der Waals surface area (Å²) in [6, 6.07) is -0.393. The number of amides is 1. The van der Waals surface area contributed by atoms with Crippen LogP contribution in [-0.4, -0.2) is 68.9 Å². The van der Waals surface area contributed by atoms with Crippen LogP contribution in [0.15, 0.2) is 0 Å². The van der Waals surface area contributed by atoms with Crippen molar-refractivity contribution in [2.24, 2.45) is 0 Å². The second-order valence-electron chi connectivity index (χ2n) is 9.06. The van der Waals surface area contributed by atoms with Gasteiger partial charge in [-0.25, -0.2) is 9.78 Å². The lowest BCUT2D eigenvalue weighted by Gasteiger charge is -2.24. The van der Waals surface area contributed by atoms with Gasteiger partial charge >= 0.3 is 6.09 Å². The Morgan fingerprint density at radius 1 is 1.20 bits per heavy atom. The van der Waals surface area contributed by atoms with Crippen molar-refractivity contribution in [3.63, 3.8) is 0 Å². The SMILES string of the molecule is CNc1nc(N[C@H]2CN(C(=O)OC(C)(C)C)C[C@@H]2O)nc2nc3c(c(C)c12)CCC3. The number of hydrogen-bond acceptors (Lipinski definition) is 8. The number of nitrogens with zero attached hydrogens (tertiary/aromatic N) is 4. The predicted octanol–water partition coefficient (Wildman–Crippen LogP) is 2.26. The van der Waals surface area contributed by atoms with E-state index in [4.69, 9.17) is 9.72 Å². The van der Waals surface area contributed by atoms with Gasteiger partial charge in [0.05, 0.1) is 24.1 Å². The monoisotopic (exact) mass is 414 g/mol. The lowest BCUT2D eigenvalue weighted by atomic mass is 10.1. The third kappa shape index (κ3) is 3.86. The summed E-state index contributed by atoms with van der Waals surface area (Å²) >= 11 is 0. The van der Waals surface area contributed by atoms with Crippen molar-refractivity contribution in [3.05, 3.63) is 16.8 Å². The molecule has 9 heteroatoms. The lowest BCUT2D eigenvalue weighted by molar-refractivity contribution is 0.0270. The number of nitrogens with one attached hydrogen (secondary N) is 2. The Bertz CT molecular complexity index is 987. The first-order valence-corrected chi connectivity index (χ1v) is 10.5. The number of carbonyl (C=O) groups excluding carboxylic acids is 1. The van der Waals surface area contributed by atoms with Crippen LogP contribution in [0.5, 0.6) is 0 Å². The van der Waals surface area contributed by atoms with Crippen molar-refractivity contribution in [2.75, 3.05) is 30.8 Å². The number of aliphatic hydroxyl groups excluding tert-OH is 1. The van der Waals surface area contributed by atoms with Gasteiger partial charge in [0.25, 0.3) is 0 Å². The highest BCUT2D eigenvalue weighted by molar-refractivity contribution is 5.91. The number of β-amino-alcohol motifs (C(OH)–C–C–N with tert-alkyl or cyclic N) is 1. The summed E-state index contributed by atoms with van der Waals surface area (Å²) in [5.41, 5.74) is 3.67. The van der Waals surface area contributed by atoms with E-state index in [1.807, 2.05) is 27.8 Å². The molecular formula is C21H30N6O3. The maximum atomic E-state index is 12.3. The van der Waals surface area contributed by atoms with E-state index in [0.717, 1.165) is 30.3 Å². The summed E-state index contributed by atoms with van der Waals surface area (Å²) in [6.07, 6.45) is 1.95. The summed E-state index contributed by atoms with van der Waals surface area (Å²) < 4.78 is 5.42. The molecule has 0 unspecified atom stereocenters. The van der Waals surface area contributed by atoms with Crippen LogP contribution in [0.3, 0.4) is 0 Å². The van der Waals surface area contributed by atoms with Crippen molar-refractivity contribution in [3.8, 4) is 0 Å². The van der Waals surface area contributed by atoms with E-state index in [9.17, 15) is 9.90 Å². The van der Waals surface area contributed by atoms with Gasteiger partial charge in [-0.1, -0.05) is 0 Å². The summed E-state index contributed by atoms with van der Waals surface area (Å²) in [6.45, 7) is 8.07. The molecule has 30 heavy (non-hydrogen) atoms. The largest absolute Gasteiger partial charge is 0.444 e. The topological polar surface area (TPSA) is 113 Å². The van der Waals surface area contributed by atoms with E-state index < -0.39 is 23.8 Å².